The van der Waals surface area contributed by atoms with Gasteiger partial charge in [-0.05, 0) is 58.3 Å². The first-order chi connectivity index (χ1) is 10.7. The summed E-state index contributed by atoms with van der Waals surface area (Å²) in [5, 5.41) is 0. The minimum atomic E-state index is 0.787. The van der Waals surface area contributed by atoms with Crippen molar-refractivity contribution in [2.75, 3.05) is 0 Å². The highest BCUT2D eigenvalue weighted by Crippen LogP contribution is 2.25. The van der Waals surface area contributed by atoms with Crippen molar-refractivity contribution in [1.29, 1.82) is 0 Å². The van der Waals surface area contributed by atoms with Gasteiger partial charge in [-0.3, -0.25) is 0 Å². The molecule has 130 valence electrons. The molecule has 23 heavy (non-hydrogen) atoms. The van der Waals surface area contributed by atoms with Crippen molar-refractivity contribution in [3.05, 3.63) is 84.4 Å². The van der Waals surface area contributed by atoms with E-state index < -0.39 is 0 Å². The molecular formula is C22H36O. The highest BCUT2D eigenvalue weighted by Gasteiger charge is 2.10. The van der Waals surface area contributed by atoms with Gasteiger partial charge in [0.15, 0.2) is 0 Å². The van der Waals surface area contributed by atoms with E-state index in [0.29, 0.717) is 0 Å². The molecule has 0 aromatic carbocycles. The minimum absolute atomic E-state index is 0.787. The van der Waals surface area contributed by atoms with Crippen LogP contribution in [0.25, 0.3) is 0 Å². The molecule has 0 saturated carbocycles. The van der Waals surface area contributed by atoms with Crippen LogP contribution in [0.3, 0.4) is 0 Å². The van der Waals surface area contributed by atoms with Crippen LogP contribution in [0.15, 0.2) is 84.4 Å². The Hall–Kier alpha value is -2.02. The van der Waals surface area contributed by atoms with E-state index in [-0.39, 0.29) is 0 Å². The van der Waals surface area contributed by atoms with Gasteiger partial charge in [0.25, 0.3) is 0 Å². The molecule has 0 fully saturated rings. The molecule has 0 bridgehead atoms. The molecule has 0 atom stereocenters. The van der Waals surface area contributed by atoms with Gasteiger partial charge in [0, 0.05) is 5.57 Å². The summed E-state index contributed by atoms with van der Waals surface area (Å²) in [6, 6.07) is 0. The average Bonchev–Trinajstić information content (AvgIpc) is 2.52. The first kappa shape index (κ1) is 25.9. The zero-order chi connectivity index (χ0) is 19.2. The first-order valence-corrected chi connectivity index (χ1v) is 7.88. The summed E-state index contributed by atoms with van der Waals surface area (Å²) in [6.45, 7) is 33.9. The summed E-state index contributed by atoms with van der Waals surface area (Å²) in [7, 11) is 0. The normalized spacial score (nSPS) is 8.70. The van der Waals surface area contributed by atoms with E-state index in [9.17, 15) is 0 Å². The van der Waals surface area contributed by atoms with Gasteiger partial charge in [0.2, 0.25) is 0 Å². The van der Waals surface area contributed by atoms with Crippen LogP contribution in [-0.4, -0.2) is 0 Å². The second-order valence-corrected chi connectivity index (χ2v) is 5.17. The lowest BCUT2D eigenvalue weighted by molar-refractivity contribution is 0.308. The van der Waals surface area contributed by atoms with Crippen LogP contribution < -0.4 is 0 Å². The SMILES string of the molecule is C=C.C=C(C)/C=C\C(=C)C(=C)C(OC(C)=C(C)C)=C(C)C.CC. The maximum Gasteiger partial charge on any atom is 0.132 e. The van der Waals surface area contributed by atoms with Gasteiger partial charge in [0.1, 0.15) is 5.76 Å². The van der Waals surface area contributed by atoms with Gasteiger partial charge in [-0.1, -0.05) is 51.3 Å². The molecule has 0 aliphatic rings. The van der Waals surface area contributed by atoms with E-state index in [1.807, 2.05) is 67.5 Å². The molecule has 0 radical (unpaired) electrons. The van der Waals surface area contributed by atoms with Crippen molar-refractivity contribution in [2.45, 2.75) is 55.4 Å². The molecule has 0 unspecified atom stereocenters. The predicted molar refractivity (Wildman–Crippen MR) is 108 cm³/mol. The molecule has 0 amide bonds. The zero-order valence-electron chi connectivity index (χ0n) is 16.6. The Labute approximate surface area is 145 Å². The lowest BCUT2D eigenvalue weighted by atomic mass is 10.0. The van der Waals surface area contributed by atoms with E-state index in [1.165, 1.54) is 0 Å². The summed E-state index contributed by atoms with van der Waals surface area (Å²) in [5.41, 5.74) is 4.85. The Morgan fingerprint density at radius 3 is 1.48 bits per heavy atom. The summed E-state index contributed by atoms with van der Waals surface area (Å²) < 4.78 is 5.91. The number of allylic oxidation sites excluding steroid dienone is 7. The quantitative estimate of drug-likeness (QED) is 0.277. The third-order valence-corrected chi connectivity index (χ3v) is 2.64. The fourth-order valence-corrected chi connectivity index (χ4v) is 1.21. The van der Waals surface area contributed by atoms with Gasteiger partial charge < -0.3 is 4.74 Å². The van der Waals surface area contributed by atoms with Crippen LogP contribution in [0.4, 0.5) is 0 Å². The molecule has 0 saturated heterocycles. The van der Waals surface area contributed by atoms with Crippen LogP contribution in [0.1, 0.15) is 55.4 Å². The maximum atomic E-state index is 5.91. The van der Waals surface area contributed by atoms with Crippen molar-refractivity contribution in [3.63, 3.8) is 0 Å². The van der Waals surface area contributed by atoms with Crippen LogP contribution in [0.2, 0.25) is 0 Å². The van der Waals surface area contributed by atoms with Crippen molar-refractivity contribution in [1.82, 2.24) is 0 Å². The molecule has 1 nitrogen and oxygen atoms in total. The second-order valence-electron chi connectivity index (χ2n) is 5.17. The molecule has 0 aliphatic carbocycles. The van der Waals surface area contributed by atoms with E-state index in [1.54, 1.807) is 0 Å². The fraction of sp³-hybridized carbons (Fsp3) is 0.364. The van der Waals surface area contributed by atoms with Gasteiger partial charge >= 0.3 is 0 Å². The average molecular weight is 317 g/mol. The molecule has 0 spiro atoms. The molecule has 1 heteroatoms. The Kier molecular flexibility index (Phi) is 16.8. The second kappa shape index (κ2) is 14.9. The third-order valence-electron chi connectivity index (χ3n) is 2.64. The molecule has 0 aromatic heterocycles. The fourth-order valence-electron chi connectivity index (χ4n) is 1.21. The minimum Gasteiger partial charge on any atom is -0.462 e. The third kappa shape index (κ3) is 12.2. The molecular weight excluding hydrogens is 280 g/mol. The van der Waals surface area contributed by atoms with Crippen molar-refractivity contribution >= 4 is 0 Å². The van der Waals surface area contributed by atoms with Crippen molar-refractivity contribution in [2.24, 2.45) is 0 Å². The van der Waals surface area contributed by atoms with Crippen molar-refractivity contribution < 1.29 is 4.74 Å². The van der Waals surface area contributed by atoms with Crippen LogP contribution >= 0.6 is 0 Å². The largest absolute Gasteiger partial charge is 0.462 e. The predicted octanol–water partition coefficient (Wildman–Crippen LogP) is 7.68. The summed E-state index contributed by atoms with van der Waals surface area (Å²) in [4.78, 5) is 0. The topological polar surface area (TPSA) is 9.23 Å². The van der Waals surface area contributed by atoms with Crippen LogP contribution in [0, 0.1) is 0 Å². The molecule has 0 heterocycles. The monoisotopic (exact) mass is 316 g/mol. The zero-order valence-corrected chi connectivity index (χ0v) is 16.6. The Morgan fingerprint density at radius 1 is 0.739 bits per heavy atom. The van der Waals surface area contributed by atoms with Crippen LogP contribution in [0.5, 0.6) is 0 Å². The molecule has 0 N–H and O–H groups in total. The first-order valence-electron chi connectivity index (χ1n) is 7.88. The standard InChI is InChI=1S/C18H26O.C2H6.C2H4/c1-12(2)10-11-15(7)16(8)18(14(5)6)19-17(9)13(3)4;2*1-2/h10-11H,1,7-8H2,2-6,9H3;1-2H3;1-2H2/b11-10-;;. The lowest BCUT2D eigenvalue weighted by Crippen LogP contribution is -1.99. The lowest BCUT2D eigenvalue weighted by Gasteiger charge is -2.16. The van der Waals surface area contributed by atoms with Crippen LogP contribution in [-0.2, 0) is 4.74 Å². The molecule has 0 rings (SSSR count). The van der Waals surface area contributed by atoms with E-state index in [0.717, 1.165) is 39.4 Å². The van der Waals surface area contributed by atoms with Crippen molar-refractivity contribution in [3.8, 4) is 0 Å². The number of hydrogen-bond donors (Lipinski definition) is 0. The van der Waals surface area contributed by atoms with E-state index >= 15 is 0 Å². The number of hydrogen-bond acceptors (Lipinski definition) is 1. The maximum absolute atomic E-state index is 5.91. The number of rotatable bonds is 6. The highest BCUT2D eigenvalue weighted by molar-refractivity contribution is 5.48. The Bertz CT molecular complexity index is 488. The van der Waals surface area contributed by atoms with Gasteiger partial charge in [0.05, 0.1) is 5.76 Å². The Balaban J connectivity index is -0.000000919. The van der Waals surface area contributed by atoms with Gasteiger partial charge in [-0.2, -0.15) is 0 Å². The highest BCUT2D eigenvalue weighted by atomic mass is 16.5. The summed E-state index contributed by atoms with van der Waals surface area (Å²) in [5.74, 6) is 1.68. The van der Waals surface area contributed by atoms with Gasteiger partial charge in [-0.25, -0.2) is 0 Å². The Morgan fingerprint density at radius 2 is 1.17 bits per heavy atom. The van der Waals surface area contributed by atoms with E-state index in [4.69, 9.17) is 4.74 Å². The molecule has 0 aromatic rings. The van der Waals surface area contributed by atoms with Gasteiger partial charge in [-0.15, -0.1) is 13.2 Å². The summed E-state index contributed by atoms with van der Waals surface area (Å²) >= 11 is 0. The number of ether oxygens (including phenoxy) is 1. The van der Waals surface area contributed by atoms with E-state index in [2.05, 4.69) is 32.9 Å². The smallest absolute Gasteiger partial charge is 0.132 e. The summed E-state index contributed by atoms with van der Waals surface area (Å²) in [6.07, 6.45) is 3.83. The molecule has 0 aliphatic heterocycles.